The number of allylic oxidation sites excluding steroid dienone is 1. The van der Waals surface area contributed by atoms with Crippen LogP contribution in [-0.4, -0.2) is 6.61 Å². The third-order valence-corrected chi connectivity index (χ3v) is 1.99. The van der Waals surface area contributed by atoms with Crippen molar-refractivity contribution in [2.45, 2.75) is 19.4 Å². The quantitative estimate of drug-likeness (QED) is 0.577. The zero-order chi connectivity index (χ0) is 11.1. The maximum absolute atomic E-state index is 13.0. The Hall–Kier alpha value is -1.35. The van der Waals surface area contributed by atoms with E-state index < -0.39 is 0 Å². The Labute approximate surface area is 89.6 Å². The van der Waals surface area contributed by atoms with Crippen LogP contribution in [-0.2, 0) is 6.54 Å². The smallest absolute Gasteiger partial charge is 0.127 e. The van der Waals surface area contributed by atoms with Gasteiger partial charge in [-0.25, -0.2) is 4.39 Å². The van der Waals surface area contributed by atoms with Gasteiger partial charge >= 0.3 is 0 Å². The van der Waals surface area contributed by atoms with Crippen LogP contribution in [0.2, 0.25) is 0 Å². The van der Waals surface area contributed by atoms with Gasteiger partial charge in [-0.15, -0.1) is 6.58 Å². The van der Waals surface area contributed by atoms with Gasteiger partial charge in [-0.1, -0.05) is 6.08 Å². The largest absolute Gasteiger partial charge is 0.493 e. The molecule has 0 fully saturated rings. The van der Waals surface area contributed by atoms with E-state index in [9.17, 15) is 4.39 Å². The summed E-state index contributed by atoms with van der Waals surface area (Å²) in [6.07, 6.45) is 3.62. The topological polar surface area (TPSA) is 35.2 Å². The molecule has 0 atom stereocenters. The summed E-state index contributed by atoms with van der Waals surface area (Å²) in [7, 11) is 0. The number of hydrogen-bond donors (Lipinski definition) is 1. The van der Waals surface area contributed by atoms with Crippen molar-refractivity contribution in [3.63, 3.8) is 0 Å². The number of nitrogens with two attached hydrogens (primary N) is 1. The van der Waals surface area contributed by atoms with Crippen LogP contribution in [0.5, 0.6) is 5.75 Å². The van der Waals surface area contributed by atoms with Crippen LogP contribution in [0.25, 0.3) is 0 Å². The molecule has 1 aromatic carbocycles. The molecule has 1 rings (SSSR count). The Morgan fingerprint density at radius 1 is 1.40 bits per heavy atom. The minimum Gasteiger partial charge on any atom is -0.493 e. The second-order valence-electron chi connectivity index (χ2n) is 3.28. The Bertz CT molecular complexity index is 325. The molecule has 2 nitrogen and oxygen atoms in total. The molecule has 0 saturated carbocycles. The van der Waals surface area contributed by atoms with Gasteiger partial charge in [-0.3, -0.25) is 0 Å². The number of rotatable bonds is 6. The Kier molecular flexibility index (Phi) is 4.84. The highest BCUT2D eigenvalue weighted by Gasteiger charge is 2.00. The van der Waals surface area contributed by atoms with Crippen molar-refractivity contribution in [2.24, 2.45) is 5.73 Å². The fourth-order valence-corrected chi connectivity index (χ4v) is 1.24. The van der Waals surface area contributed by atoms with Gasteiger partial charge in [-0.2, -0.15) is 0 Å². The van der Waals surface area contributed by atoms with E-state index in [2.05, 4.69) is 6.58 Å². The lowest BCUT2D eigenvalue weighted by Crippen LogP contribution is -2.01. The summed E-state index contributed by atoms with van der Waals surface area (Å²) in [6, 6.07) is 4.54. The van der Waals surface area contributed by atoms with Gasteiger partial charge in [0.05, 0.1) is 6.61 Å². The molecular formula is C12H16FNO. The van der Waals surface area contributed by atoms with Crippen molar-refractivity contribution in [2.75, 3.05) is 6.61 Å². The van der Waals surface area contributed by atoms with Crippen LogP contribution in [0.1, 0.15) is 18.4 Å². The van der Waals surface area contributed by atoms with Crippen LogP contribution in [0, 0.1) is 5.82 Å². The summed E-state index contributed by atoms with van der Waals surface area (Å²) in [4.78, 5) is 0. The number of benzene rings is 1. The zero-order valence-corrected chi connectivity index (χ0v) is 8.71. The van der Waals surface area contributed by atoms with Gasteiger partial charge in [0.1, 0.15) is 11.6 Å². The maximum atomic E-state index is 13.0. The summed E-state index contributed by atoms with van der Waals surface area (Å²) in [5.74, 6) is 0.233. The lowest BCUT2D eigenvalue weighted by atomic mass is 10.2. The van der Waals surface area contributed by atoms with Crippen molar-refractivity contribution in [1.82, 2.24) is 0 Å². The number of unbranched alkanes of at least 4 members (excludes halogenated alkanes) is 1. The lowest BCUT2D eigenvalue weighted by molar-refractivity contribution is 0.310. The van der Waals surface area contributed by atoms with E-state index in [1.807, 2.05) is 6.08 Å². The fourth-order valence-electron chi connectivity index (χ4n) is 1.24. The summed E-state index contributed by atoms with van der Waals surface area (Å²) in [5, 5.41) is 0. The molecule has 0 aliphatic carbocycles. The van der Waals surface area contributed by atoms with E-state index in [0.717, 1.165) is 18.4 Å². The van der Waals surface area contributed by atoms with Gasteiger partial charge in [0.2, 0.25) is 0 Å². The van der Waals surface area contributed by atoms with Crippen molar-refractivity contribution >= 4 is 0 Å². The van der Waals surface area contributed by atoms with E-state index in [4.69, 9.17) is 10.5 Å². The molecule has 3 heteroatoms. The molecule has 1 aromatic rings. The third-order valence-electron chi connectivity index (χ3n) is 1.99. The standard InChI is InChI=1S/C12H16FNO/c1-2-3-4-5-15-12-7-10(9-14)6-11(13)8-12/h2,6-8H,1,3-5,9,14H2. The second-order valence-corrected chi connectivity index (χ2v) is 3.28. The monoisotopic (exact) mass is 209 g/mol. The van der Waals surface area contributed by atoms with E-state index in [-0.39, 0.29) is 5.82 Å². The van der Waals surface area contributed by atoms with Crippen LogP contribution in [0.15, 0.2) is 30.9 Å². The highest BCUT2D eigenvalue weighted by molar-refractivity contribution is 5.29. The Balaban J connectivity index is 2.52. The summed E-state index contributed by atoms with van der Waals surface area (Å²) < 4.78 is 18.4. The van der Waals surface area contributed by atoms with E-state index in [1.165, 1.54) is 12.1 Å². The average molecular weight is 209 g/mol. The molecule has 0 bridgehead atoms. The predicted octanol–water partition coefficient (Wildman–Crippen LogP) is 2.63. The molecule has 2 N–H and O–H groups in total. The maximum Gasteiger partial charge on any atom is 0.127 e. The van der Waals surface area contributed by atoms with Crippen molar-refractivity contribution < 1.29 is 9.13 Å². The fraction of sp³-hybridized carbons (Fsp3) is 0.333. The molecule has 0 saturated heterocycles. The highest BCUT2D eigenvalue weighted by Crippen LogP contribution is 2.16. The minimum absolute atomic E-state index is 0.309. The van der Waals surface area contributed by atoms with Gasteiger partial charge < -0.3 is 10.5 Å². The lowest BCUT2D eigenvalue weighted by Gasteiger charge is -2.07. The van der Waals surface area contributed by atoms with Crippen molar-refractivity contribution in [3.05, 3.63) is 42.2 Å². The van der Waals surface area contributed by atoms with E-state index >= 15 is 0 Å². The Morgan fingerprint density at radius 3 is 2.87 bits per heavy atom. The van der Waals surface area contributed by atoms with Crippen LogP contribution >= 0.6 is 0 Å². The average Bonchev–Trinajstić information content (AvgIpc) is 2.23. The van der Waals surface area contributed by atoms with Gasteiger partial charge in [0, 0.05) is 12.6 Å². The first kappa shape index (κ1) is 11.7. The van der Waals surface area contributed by atoms with Crippen LogP contribution in [0.4, 0.5) is 4.39 Å². The molecule has 0 amide bonds. The first-order valence-corrected chi connectivity index (χ1v) is 4.99. The normalized spacial score (nSPS) is 10.0. The molecule has 15 heavy (non-hydrogen) atoms. The second kappa shape index (κ2) is 6.19. The molecule has 82 valence electrons. The molecule has 0 aromatic heterocycles. The van der Waals surface area contributed by atoms with E-state index in [0.29, 0.717) is 18.9 Å². The van der Waals surface area contributed by atoms with Gasteiger partial charge in [0.15, 0.2) is 0 Å². The summed E-state index contributed by atoms with van der Waals surface area (Å²) >= 11 is 0. The van der Waals surface area contributed by atoms with Gasteiger partial charge in [-0.05, 0) is 30.5 Å². The number of halogens is 1. The van der Waals surface area contributed by atoms with Crippen LogP contribution < -0.4 is 10.5 Å². The number of ether oxygens (including phenoxy) is 1. The van der Waals surface area contributed by atoms with Gasteiger partial charge in [0.25, 0.3) is 0 Å². The molecule has 0 aliphatic rings. The molecular weight excluding hydrogens is 193 g/mol. The van der Waals surface area contributed by atoms with E-state index in [1.54, 1.807) is 6.07 Å². The zero-order valence-electron chi connectivity index (χ0n) is 8.71. The summed E-state index contributed by atoms with van der Waals surface area (Å²) in [6.45, 7) is 4.50. The Morgan fingerprint density at radius 2 is 2.20 bits per heavy atom. The van der Waals surface area contributed by atoms with Crippen molar-refractivity contribution in [1.29, 1.82) is 0 Å². The highest BCUT2D eigenvalue weighted by atomic mass is 19.1. The first-order chi connectivity index (χ1) is 7.26. The van der Waals surface area contributed by atoms with Crippen molar-refractivity contribution in [3.8, 4) is 5.75 Å². The van der Waals surface area contributed by atoms with Crippen LogP contribution in [0.3, 0.4) is 0 Å². The minimum atomic E-state index is -0.309. The summed E-state index contributed by atoms with van der Waals surface area (Å²) in [5.41, 5.74) is 6.17. The third kappa shape index (κ3) is 4.13. The predicted molar refractivity (Wildman–Crippen MR) is 59.2 cm³/mol. The first-order valence-electron chi connectivity index (χ1n) is 4.99. The number of hydrogen-bond acceptors (Lipinski definition) is 2. The molecule has 0 heterocycles. The molecule has 0 unspecified atom stereocenters. The molecule has 0 spiro atoms. The molecule has 0 aliphatic heterocycles. The molecule has 0 radical (unpaired) electrons. The SMILES string of the molecule is C=CCCCOc1cc(F)cc(CN)c1.